The lowest BCUT2D eigenvalue weighted by molar-refractivity contribution is 0.0956. The van der Waals surface area contributed by atoms with Gasteiger partial charge >= 0.3 is 0 Å². The lowest BCUT2D eigenvalue weighted by Crippen LogP contribution is -2.24. The van der Waals surface area contributed by atoms with Crippen molar-refractivity contribution in [3.8, 4) is 0 Å². The smallest absolute Gasteiger partial charge is 0.251 e. The van der Waals surface area contributed by atoms with Crippen molar-refractivity contribution < 1.29 is 18.0 Å². The maximum absolute atomic E-state index is 12.8. The van der Waals surface area contributed by atoms with Crippen LogP contribution in [-0.4, -0.2) is 12.5 Å². The van der Waals surface area contributed by atoms with Gasteiger partial charge in [0.15, 0.2) is 17.5 Å². The second kappa shape index (κ2) is 5.16. The van der Waals surface area contributed by atoms with Crippen LogP contribution in [0, 0.1) is 17.5 Å². The molecule has 0 aromatic heterocycles. The summed E-state index contributed by atoms with van der Waals surface area (Å²) in [5.41, 5.74) is -0.287. The number of carbonyl (C=O) groups is 1. The first-order valence-electron chi connectivity index (χ1n) is 4.18. The Kier molecular flexibility index (Phi) is 4.12. The normalized spacial score (nSPS) is 10.0. The van der Waals surface area contributed by atoms with Crippen molar-refractivity contribution >= 4 is 21.8 Å². The van der Waals surface area contributed by atoms with E-state index in [9.17, 15) is 18.0 Å². The molecule has 0 atom stereocenters. The molecule has 0 aliphatic carbocycles. The van der Waals surface area contributed by atoms with Gasteiger partial charge in [0, 0.05) is 16.6 Å². The summed E-state index contributed by atoms with van der Waals surface area (Å²) in [6.07, 6.45) is 0. The van der Waals surface area contributed by atoms with Crippen molar-refractivity contribution in [3.05, 3.63) is 46.2 Å². The molecule has 0 radical (unpaired) electrons. The second-order valence-corrected chi connectivity index (χ2v) is 4.08. The maximum atomic E-state index is 12.8. The van der Waals surface area contributed by atoms with Crippen molar-refractivity contribution in [1.82, 2.24) is 5.32 Å². The summed E-state index contributed by atoms with van der Waals surface area (Å²) in [6, 6.07) is 1.26. The van der Waals surface area contributed by atoms with Crippen LogP contribution in [0.25, 0.3) is 0 Å². The van der Waals surface area contributed by atoms with E-state index in [1.54, 1.807) is 0 Å². The molecular formula is C10H7BrF3NO. The fraction of sp³-hybridized carbons (Fsp3) is 0.100. The van der Waals surface area contributed by atoms with E-state index in [0.717, 1.165) is 0 Å². The Morgan fingerprint density at radius 2 is 1.81 bits per heavy atom. The lowest BCUT2D eigenvalue weighted by Gasteiger charge is -2.04. The van der Waals surface area contributed by atoms with Crippen LogP contribution >= 0.6 is 15.9 Å². The summed E-state index contributed by atoms with van der Waals surface area (Å²) in [6.45, 7) is 3.57. The van der Waals surface area contributed by atoms with Crippen molar-refractivity contribution in [3.63, 3.8) is 0 Å². The first-order chi connectivity index (χ1) is 7.41. The van der Waals surface area contributed by atoms with E-state index >= 15 is 0 Å². The van der Waals surface area contributed by atoms with Crippen LogP contribution in [0.3, 0.4) is 0 Å². The molecule has 0 bridgehead atoms. The summed E-state index contributed by atoms with van der Waals surface area (Å²) in [5.74, 6) is -5.11. The summed E-state index contributed by atoms with van der Waals surface area (Å²) >= 11 is 3.00. The van der Waals surface area contributed by atoms with Gasteiger partial charge in [-0.1, -0.05) is 22.5 Å². The zero-order valence-electron chi connectivity index (χ0n) is 7.99. The van der Waals surface area contributed by atoms with Crippen LogP contribution in [0.15, 0.2) is 23.2 Å². The molecule has 0 unspecified atom stereocenters. The van der Waals surface area contributed by atoms with Crippen LogP contribution < -0.4 is 5.32 Å². The molecule has 6 heteroatoms. The van der Waals surface area contributed by atoms with E-state index in [1.165, 1.54) is 0 Å². The Hall–Kier alpha value is -1.30. The maximum Gasteiger partial charge on any atom is 0.251 e. The first kappa shape index (κ1) is 12.8. The third-order valence-electron chi connectivity index (χ3n) is 1.69. The Labute approximate surface area is 98.3 Å². The Bertz CT molecular complexity index is 425. The van der Waals surface area contributed by atoms with E-state index in [0.29, 0.717) is 16.6 Å². The molecule has 0 heterocycles. The molecule has 2 nitrogen and oxygen atoms in total. The van der Waals surface area contributed by atoms with Gasteiger partial charge in [-0.25, -0.2) is 13.2 Å². The van der Waals surface area contributed by atoms with Gasteiger partial charge in [-0.2, -0.15) is 0 Å². The minimum atomic E-state index is -1.60. The number of halogens is 4. The van der Waals surface area contributed by atoms with Gasteiger partial charge in [0.1, 0.15) is 0 Å². The van der Waals surface area contributed by atoms with Crippen molar-refractivity contribution in [2.24, 2.45) is 0 Å². The first-order valence-corrected chi connectivity index (χ1v) is 4.97. The molecule has 0 fully saturated rings. The molecule has 1 aromatic rings. The van der Waals surface area contributed by atoms with Crippen molar-refractivity contribution in [1.29, 1.82) is 0 Å². The molecule has 0 saturated carbocycles. The number of carbonyl (C=O) groups excluding carboxylic acids is 1. The van der Waals surface area contributed by atoms with Crippen LogP contribution in [0.2, 0.25) is 0 Å². The standard InChI is InChI=1S/C10H7BrF3NO/c1-5(11)4-15-10(16)6-2-7(12)9(14)8(13)3-6/h2-3H,1,4H2,(H,15,16). The van der Waals surface area contributed by atoms with Gasteiger partial charge in [-0.05, 0) is 12.1 Å². The topological polar surface area (TPSA) is 29.1 Å². The van der Waals surface area contributed by atoms with E-state index in [-0.39, 0.29) is 12.1 Å². The number of amides is 1. The fourth-order valence-corrected chi connectivity index (χ4v) is 1.11. The summed E-state index contributed by atoms with van der Waals surface area (Å²) in [7, 11) is 0. The lowest BCUT2D eigenvalue weighted by atomic mass is 10.2. The van der Waals surface area contributed by atoms with Crippen LogP contribution in [0.5, 0.6) is 0 Å². The van der Waals surface area contributed by atoms with Gasteiger partial charge in [0.2, 0.25) is 0 Å². The largest absolute Gasteiger partial charge is 0.347 e. The van der Waals surface area contributed by atoms with E-state index in [2.05, 4.69) is 27.8 Å². The predicted octanol–water partition coefficient (Wildman–Crippen LogP) is 2.74. The Morgan fingerprint density at radius 3 is 2.25 bits per heavy atom. The zero-order valence-corrected chi connectivity index (χ0v) is 9.58. The van der Waals surface area contributed by atoms with Gasteiger partial charge in [-0.15, -0.1) is 0 Å². The van der Waals surface area contributed by atoms with Crippen LogP contribution in [0.4, 0.5) is 13.2 Å². The van der Waals surface area contributed by atoms with E-state index in [1.807, 2.05) is 0 Å². The molecular weight excluding hydrogens is 287 g/mol. The van der Waals surface area contributed by atoms with Gasteiger partial charge in [0.05, 0.1) is 0 Å². The molecule has 1 amide bonds. The molecule has 86 valence electrons. The number of nitrogens with one attached hydrogen (secondary N) is 1. The Balaban J connectivity index is 2.88. The molecule has 0 saturated heterocycles. The average molecular weight is 294 g/mol. The SMILES string of the molecule is C=C(Br)CNC(=O)c1cc(F)c(F)c(F)c1. The molecule has 1 rings (SSSR count). The molecule has 1 N–H and O–H groups in total. The molecule has 0 aliphatic heterocycles. The number of rotatable bonds is 3. The monoisotopic (exact) mass is 293 g/mol. The van der Waals surface area contributed by atoms with Gasteiger partial charge < -0.3 is 5.32 Å². The zero-order chi connectivity index (χ0) is 12.3. The van der Waals surface area contributed by atoms with Crippen molar-refractivity contribution in [2.75, 3.05) is 6.54 Å². The molecule has 0 spiro atoms. The van der Waals surface area contributed by atoms with Crippen LogP contribution in [0.1, 0.15) is 10.4 Å². The molecule has 1 aromatic carbocycles. The summed E-state index contributed by atoms with van der Waals surface area (Å²) in [4.78, 5) is 11.3. The van der Waals surface area contributed by atoms with Crippen molar-refractivity contribution in [2.45, 2.75) is 0 Å². The molecule has 16 heavy (non-hydrogen) atoms. The quantitative estimate of drug-likeness (QED) is 0.853. The highest BCUT2D eigenvalue weighted by Gasteiger charge is 2.14. The second-order valence-electron chi connectivity index (χ2n) is 2.95. The predicted molar refractivity (Wildman–Crippen MR) is 56.7 cm³/mol. The van der Waals surface area contributed by atoms with Gasteiger partial charge in [-0.3, -0.25) is 4.79 Å². The van der Waals surface area contributed by atoms with E-state index < -0.39 is 23.4 Å². The Morgan fingerprint density at radius 1 is 1.31 bits per heavy atom. The highest BCUT2D eigenvalue weighted by molar-refractivity contribution is 9.11. The highest BCUT2D eigenvalue weighted by Crippen LogP contribution is 2.13. The van der Waals surface area contributed by atoms with Crippen LogP contribution in [-0.2, 0) is 0 Å². The number of benzene rings is 1. The average Bonchev–Trinajstić information content (AvgIpc) is 2.21. The third kappa shape index (κ3) is 3.10. The third-order valence-corrected chi connectivity index (χ3v) is 1.97. The minimum absolute atomic E-state index is 0.111. The minimum Gasteiger partial charge on any atom is -0.347 e. The van der Waals surface area contributed by atoms with E-state index in [4.69, 9.17) is 0 Å². The summed E-state index contributed by atoms with van der Waals surface area (Å²) in [5, 5.41) is 2.33. The molecule has 0 aliphatic rings. The summed E-state index contributed by atoms with van der Waals surface area (Å²) < 4.78 is 38.6. The number of hydrogen-bond donors (Lipinski definition) is 1. The fourth-order valence-electron chi connectivity index (χ4n) is 0.965. The number of hydrogen-bond acceptors (Lipinski definition) is 1. The van der Waals surface area contributed by atoms with Gasteiger partial charge in [0.25, 0.3) is 5.91 Å². The highest BCUT2D eigenvalue weighted by atomic mass is 79.9.